The molecular weight excluding hydrogens is 410 g/mol. The third-order valence-corrected chi connectivity index (χ3v) is 3.54. The Morgan fingerprint density at radius 1 is 1.10 bits per heavy atom. The van der Waals surface area contributed by atoms with Crippen LogP contribution in [0.1, 0.15) is 43.4 Å². The number of hydrogen-bond donors (Lipinski definition) is 2. The summed E-state index contributed by atoms with van der Waals surface area (Å²) in [4.78, 5) is 23.7. The molecule has 2 N–H and O–H groups in total. The number of nitrogens with one attached hydrogen (secondary N) is 2. The summed E-state index contributed by atoms with van der Waals surface area (Å²) in [5, 5.41) is 11.3. The van der Waals surface area contributed by atoms with E-state index < -0.39 is 46.7 Å². The number of alkyl halides is 3. The lowest BCUT2D eigenvalue weighted by atomic mass is 10.2. The van der Waals surface area contributed by atoms with Crippen LogP contribution in [0.25, 0.3) is 5.69 Å². The van der Waals surface area contributed by atoms with Crippen molar-refractivity contribution in [2.24, 2.45) is 0 Å². The molecule has 12 heteroatoms. The van der Waals surface area contributed by atoms with Gasteiger partial charge < -0.3 is 15.4 Å². The highest BCUT2D eigenvalue weighted by molar-refractivity contribution is 5.93. The lowest BCUT2D eigenvalue weighted by Gasteiger charge is -2.19. The largest absolute Gasteiger partial charge is 0.444 e. The van der Waals surface area contributed by atoms with Gasteiger partial charge in [0.2, 0.25) is 0 Å². The SMILES string of the molecule is CC(C)(C)OC(=O)NCCCNC(=O)c1nnn(-c2ccccc2F)c1C(F)(F)F. The topological polar surface area (TPSA) is 98.1 Å². The minimum atomic E-state index is -5.00. The highest BCUT2D eigenvalue weighted by atomic mass is 19.4. The predicted molar refractivity (Wildman–Crippen MR) is 97.5 cm³/mol. The lowest BCUT2D eigenvalue weighted by molar-refractivity contribution is -0.143. The minimum Gasteiger partial charge on any atom is -0.444 e. The summed E-state index contributed by atoms with van der Waals surface area (Å²) < 4.78 is 59.7. The van der Waals surface area contributed by atoms with Crippen molar-refractivity contribution >= 4 is 12.0 Å². The molecule has 1 heterocycles. The monoisotopic (exact) mass is 431 g/mol. The van der Waals surface area contributed by atoms with Gasteiger partial charge in [-0.1, -0.05) is 17.3 Å². The van der Waals surface area contributed by atoms with E-state index >= 15 is 0 Å². The molecule has 0 spiro atoms. The van der Waals surface area contributed by atoms with Crippen LogP contribution in [-0.2, 0) is 10.9 Å². The maximum Gasteiger partial charge on any atom is 0.435 e. The first-order valence-electron chi connectivity index (χ1n) is 8.93. The second kappa shape index (κ2) is 9.09. The van der Waals surface area contributed by atoms with Gasteiger partial charge in [0, 0.05) is 13.1 Å². The van der Waals surface area contributed by atoms with Crippen molar-refractivity contribution < 1.29 is 31.9 Å². The fourth-order valence-electron chi connectivity index (χ4n) is 2.36. The molecule has 0 saturated heterocycles. The number of benzene rings is 1. The zero-order valence-electron chi connectivity index (χ0n) is 16.5. The van der Waals surface area contributed by atoms with Crippen LogP contribution in [0.3, 0.4) is 0 Å². The summed E-state index contributed by atoms with van der Waals surface area (Å²) >= 11 is 0. The van der Waals surface area contributed by atoms with E-state index in [4.69, 9.17) is 4.74 Å². The van der Waals surface area contributed by atoms with Crippen LogP contribution in [0, 0.1) is 5.82 Å². The molecule has 0 aliphatic heterocycles. The Bertz CT molecular complexity index is 906. The molecule has 2 amide bonds. The van der Waals surface area contributed by atoms with E-state index in [0.717, 1.165) is 12.1 Å². The van der Waals surface area contributed by atoms with Crippen LogP contribution in [0.4, 0.5) is 22.4 Å². The second-order valence-corrected chi connectivity index (χ2v) is 7.19. The number of halogens is 4. The molecule has 1 aromatic heterocycles. The van der Waals surface area contributed by atoms with Crippen molar-refractivity contribution in [3.8, 4) is 5.69 Å². The number of amides is 2. The van der Waals surface area contributed by atoms with Crippen molar-refractivity contribution in [2.75, 3.05) is 13.1 Å². The molecule has 0 atom stereocenters. The smallest absolute Gasteiger partial charge is 0.435 e. The van der Waals surface area contributed by atoms with Crippen LogP contribution < -0.4 is 10.6 Å². The van der Waals surface area contributed by atoms with Gasteiger partial charge in [0.1, 0.15) is 17.1 Å². The molecule has 0 unspecified atom stereocenters. The van der Waals surface area contributed by atoms with Gasteiger partial charge in [-0.3, -0.25) is 4.79 Å². The molecule has 0 fully saturated rings. The number of rotatable bonds is 6. The van der Waals surface area contributed by atoms with Crippen LogP contribution in [0.15, 0.2) is 24.3 Å². The molecule has 30 heavy (non-hydrogen) atoms. The molecular formula is C18H21F4N5O3. The molecule has 1 aromatic carbocycles. The number of para-hydroxylation sites is 1. The van der Waals surface area contributed by atoms with E-state index in [9.17, 15) is 27.2 Å². The number of nitrogens with zero attached hydrogens (tertiary/aromatic N) is 3. The van der Waals surface area contributed by atoms with Gasteiger partial charge in [0.05, 0.1) is 0 Å². The van der Waals surface area contributed by atoms with Crippen molar-refractivity contribution in [3.05, 3.63) is 41.5 Å². The summed E-state index contributed by atoms with van der Waals surface area (Å²) in [6.07, 6.45) is -5.43. The van der Waals surface area contributed by atoms with Gasteiger partial charge in [-0.15, -0.1) is 5.10 Å². The number of ether oxygens (including phenoxy) is 1. The van der Waals surface area contributed by atoms with Crippen molar-refractivity contribution in [3.63, 3.8) is 0 Å². The molecule has 2 rings (SSSR count). The van der Waals surface area contributed by atoms with Crippen LogP contribution >= 0.6 is 0 Å². The Kier molecular flexibility index (Phi) is 7.00. The molecule has 0 bridgehead atoms. The Morgan fingerprint density at radius 2 is 1.73 bits per heavy atom. The Hall–Kier alpha value is -3.18. The molecule has 8 nitrogen and oxygen atoms in total. The summed E-state index contributed by atoms with van der Waals surface area (Å²) in [6, 6.07) is 4.69. The Balaban J connectivity index is 2.03. The van der Waals surface area contributed by atoms with E-state index in [1.807, 2.05) is 0 Å². The molecule has 0 aliphatic rings. The summed E-state index contributed by atoms with van der Waals surface area (Å²) in [5.41, 5.74) is -3.63. The summed E-state index contributed by atoms with van der Waals surface area (Å²) in [6.45, 7) is 5.17. The maximum atomic E-state index is 13.9. The molecule has 2 aromatic rings. The Labute approximate surface area is 169 Å². The fourth-order valence-corrected chi connectivity index (χ4v) is 2.36. The van der Waals surface area contributed by atoms with Gasteiger partial charge in [-0.2, -0.15) is 13.2 Å². The van der Waals surface area contributed by atoms with E-state index in [2.05, 4.69) is 20.9 Å². The first-order valence-corrected chi connectivity index (χ1v) is 8.93. The van der Waals surface area contributed by atoms with Crippen LogP contribution in [-0.4, -0.2) is 45.7 Å². The third kappa shape index (κ3) is 6.16. The van der Waals surface area contributed by atoms with Crippen molar-refractivity contribution in [1.82, 2.24) is 25.6 Å². The third-order valence-electron chi connectivity index (χ3n) is 3.54. The lowest BCUT2D eigenvalue weighted by Crippen LogP contribution is -2.34. The molecule has 0 saturated carbocycles. The molecule has 0 radical (unpaired) electrons. The van der Waals surface area contributed by atoms with E-state index in [1.54, 1.807) is 20.8 Å². The van der Waals surface area contributed by atoms with Gasteiger partial charge in [-0.25, -0.2) is 13.9 Å². The van der Waals surface area contributed by atoms with Crippen molar-refractivity contribution in [1.29, 1.82) is 0 Å². The standard InChI is InChI=1S/C18H21F4N5O3/c1-17(2,3)30-16(29)24-10-6-9-23-15(28)13-14(18(20,21)22)27(26-25-13)12-8-5-4-7-11(12)19/h4-5,7-8H,6,9-10H2,1-3H3,(H,23,28)(H,24,29). The van der Waals surface area contributed by atoms with E-state index in [0.29, 0.717) is 0 Å². The highest BCUT2D eigenvalue weighted by Gasteiger charge is 2.42. The highest BCUT2D eigenvalue weighted by Crippen LogP contribution is 2.33. The number of alkyl carbamates (subject to hydrolysis) is 1. The zero-order chi connectivity index (χ0) is 22.5. The first-order chi connectivity index (χ1) is 13.9. The molecule has 164 valence electrons. The van der Waals surface area contributed by atoms with E-state index in [-0.39, 0.29) is 24.2 Å². The van der Waals surface area contributed by atoms with Crippen molar-refractivity contribution in [2.45, 2.75) is 39.0 Å². The zero-order valence-corrected chi connectivity index (χ0v) is 16.5. The minimum absolute atomic E-state index is 0.0432. The average molecular weight is 431 g/mol. The number of carbonyl (C=O) groups excluding carboxylic acids is 2. The number of hydrogen-bond acceptors (Lipinski definition) is 5. The van der Waals surface area contributed by atoms with Crippen LogP contribution in [0.5, 0.6) is 0 Å². The summed E-state index contributed by atoms with van der Waals surface area (Å²) in [7, 11) is 0. The number of carbonyl (C=O) groups is 2. The van der Waals surface area contributed by atoms with Gasteiger partial charge >= 0.3 is 12.3 Å². The molecule has 0 aliphatic carbocycles. The van der Waals surface area contributed by atoms with Gasteiger partial charge in [0.15, 0.2) is 11.4 Å². The average Bonchev–Trinajstić information content (AvgIpc) is 3.05. The summed E-state index contributed by atoms with van der Waals surface area (Å²) in [5.74, 6) is -2.07. The predicted octanol–water partition coefficient (Wildman–Crippen LogP) is 3.07. The maximum absolute atomic E-state index is 13.9. The first kappa shape index (κ1) is 23.1. The number of aromatic nitrogens is 3. The second-order valence-electron chi connectivity index (χ2n) is 7.19. The van der Waals surface area contributed by atoms with Gasteiger partial charge in [-0.05, 0) is 39.3 Å². The van der Waals surface area contributed by atoms with E-state index in [1.165, 1.54) is 12.1 Å². The van der Waals surface area contributed by atoms with Gasteiger partial charge in [0.25, 0.3) is 5.91 Å². The quantitative estimate of drug-likeness (QED) is 0.541. The normalized spacial score (nSPS) is 11.8. The van der Waals surface area contributed by atoms with Crippen LogP contribution in [0.2, 0.25) is 0 Å². The Morgan fingerprint density at radius 3 is 2.33 bits per heavy atom. The fraction of sp³-hybridized carbons (Fsp3) is 0.444.